The number of ketones is 1. The first-order valence-electron chi connectivity index (χ1n) is 10.7. The highest BCUT2D eigenvalue weighted by Gasteiger charge is 2.23. The third-order valence-corrected chi connectivity index (χ3v) is 5.78. The molecular weight excluding hydrogens is 420 g/mol. The number of carbonyl (C=O) groups is 1. The minimum Gasteiger partial charge on any atom is -0.497 e. The standard InChI is InChI=1S/C26H26N2O5/c1-6-7-21-19(11-15-10-16(31-3)8-9-20(15)28-21)25(29)24-18-13-23(33-5)22(32-4)12-17(18)14(2)27-26(24)30/h8-13H,6-7H2,1-5H3,(H,27,30). The molecule has 33 heavy (non-hydrogen) atoms. The summed E-state index contributed by atoms with van der Waals surface area (Å²) >= 11 is 0. The third kappa shape index (κ3) is 3.91. The van der Waals surface area contributed by atoms with Crippen LogP contribution < -0.4 is 19.8 Å². The van der Waals surface area contributed by atoms with Crippen LogP contribution in [0.3, 0.4) is 0 Å². The van der Waals surface area contributed by atoms with E-state index in [4.69, 9.17) is 19.2 Å². The predicted molar refractivity (Wildman–Crippen MR) is 128 cm³/mol. The van der Waals surface area contributed by atoms with E-state index in [9.17, 15) is 9.59 Å². The van der Waals surface area contributed by atoms with Gasteiger partial charge in [-0.3, -0.25) is 14.6 Å². The van der Waals surface area contributed by atoms with Crippen molar-refractivity contribution in [2.45, 2.75) is 26.7 Å². The van der Waals surface area contributed by atoms with Crippen LogP contribution in [0.1, 0.15) is 40.7 Å². The van der Waals surface area contributed by atoms with Gasteiger partial charge in [0.15, 0.2) is 11.5 Å². The van der Waals surface area contributed by atoms with Gasteiger partial charge in [-0.15, -0.1) is 0 Å². The Kier molecular flexibility index (Phi) is 6.05. The summed E-state index contributed by atoms with van der Waals surface area (Å²) in [6.07, 6.45) is 1.42. The van der Waals surface area contributed by atoms with Crippen LogP contribution in [0.4, 0.5) is 0 Å². The van der Waals surface area contributed by atoms with Gasteiger partial charge in [-0.05, 0) is 49.7 Å². The van der Waals surface area contributed by atoms with Crippen LogP contribution in [-0.2, 0) is 6.42 Å². The molecule has 2 aromatic carbocycles. The van der Waals surface area contributed by atoms with E-state index in [1.165, 1.54) is 7.11 Å². The Hall–Kier alpha value is -3.87. The molecule has 0 saturated carbocycles. The van der Waals surface area contributed by atoms with E-state index in [1.54, 1.807) is 39.3 Å². The zero-order chi connectivity index (χ0) is 23.7. The highest BCUT2D eigenvalue weighted by molar-refractivity contribution is 6.18. The molecule has 0 fully saturated rings. The van der Waals surface area contributed by atoms with E-state index in [0.717, 1.165) is 17.3 Å². The molecule has 2 aromatic heterocycles. The molecule has 1 N–H and O–H groups in total. The van der Waals surface area contributed by atoms with Crippen LogP contribution in [0.5, 0.6) is 17.2 Å². The zero-order valence-electron chi connectivity index (χ0n) is 19.4. The first-order chi connectivity index (χ1) is 15.9. The molecule has 4 rings (SSSR count). The van der Waals surface area contributed by atoms with Crippen LogP contribution >= 0.6 is 0 Å². The Morgan fingerprint density at radius 2 is 1.67 bits per heavy atom. The minimum atomic E-state index is -0.453. The van der Waals surface area contributed by atoms with Gasteiger partial charge in [-0.2, -0.15) is 0 Å². The molecule has 0 unspecified atom stereocenters. The summed E-state index contributed by atoms with van der Waals surface area (Å²) in [7, 11) is 4.65. The normalized spacial score (nSPS) is 11.1. The molecule has 0 amide bonds. The van der Waals surface area contributed by atoms with Crippen molar-refractivity contribution >= 4 is 27.5 Å². The van der Waals surface area contributed by atoms with Crippen molar-refractivity contribution in [3.05, 3.63) is 69.3 Å². The van der Waals surface area contributed by atoms with Crippen molar-refractivity contribution in [2.75, 3.05) is 21.3 Å². The molecule has 0 aliphatic rings. The Morgan fingerprint density at radius 1 is 0.970 bits per heavy atom. The lowest BCUT2D eigenvalue weighted by atomic mass is 9.94. The number of aryl methyl sites for hydroxylation is 2. The number of methoxy groups -OCH3 is 3. The number of aromatic nitrogens is 2. The number of fused-ring (bicyclic) bond motifs is 2. The van der Waals surface area contributed by atoms with E-state index in [-0.39, 0.29) is 11.3 Å². The van der Waals surface area contributed by atoms with E-state index < -0.39 is 5.56 Å². The van der Waals surface area contributed by atoms with Gasteiger partial charge in [0.2, 0.25) is 5.78 Å². The lowest BCUT2D eigenvalue weighted by Crippen LogP contribution is -2.21. The summed E-state index contributed by atoms with van der Waals surface area (Å²) in [6, 6.07) is 10.8. The zero-order valence-corrected chi connectivity index (χ0v) is 19.4. The second kappa shape index (κ2) is 8.94. The van der Waals surface area contributed by atoms with Crippen LogP contribution in [0.2, 0.25) is 0 Å². The first kappa shape index (κ1) is 22.3. The van der Waals surface area contributed by atoms with Crippen molar-refractivity contribution in [3.63, 3.8) is 0 Å². The van der Waals surface area contributed by atoms with E-state index in [1.807, 2.05) is 25.1 Å². The molecule has 4 aromatic rings. The van der Waals surface area contributed by atoms with Crippen LogP contribution in [0.15, 0.2) is 41.2 Å². The Morgan fingerprint density at radius 3 is 2.30 bits per heavy atom. The highest BCUT2D eigenvalue weighted by atomic mass is 16.5. The Balaban J connectivity index is 2.01. The fourth-order valence-electron chi connectivity index (χ4n) is 4.12. The average molecular weight is 447 g/mol. The van der Waals surface area contributed by atoms with E-state index in [2.05, 4.69) is 4.98 Å². The second-order valence-electron chi connectivity index (χ2n) is 7.83. The number of nitrogens with one attached hydrogen (secondary N) is 1. The number of ether oxygens (including phenoxy) is 3. The minimum absolute atomic E-state index is 0.0537. The number of H-pyrrole nitrogens is 1. The van der Waals surface area contributed by atoms with Gasteiger partial charge in [0, 0.05) is 27.4 Å². The number of nitrogens with zero attached hydrogens (tertiary/aromatic N) is 1. The summed E-state index contributed by atoms with van der Waals surface area (Å²) in [5.41, 5.74) is 2.08. The van der Waals surface area contributed by atoms with Crippen molar-refractivity contribution in [1.29, 1.82) is 0 Å². The number of carbonyl (C=O) groups excluding carboxylic acids is 1. The lowest BCUT2D eigenvalue weighted by molar-refractivity contribution is 0.103. The maximum Gasteiger partial charge on any atom is 0.260 e. The Labute approximate surface area is 191 Å². The average Bonchev–Trinajstić information content (AvgIpc) is 2.82. The van der Waals surface area contributed by atoms with E-state index >= 15 is 0 Å². The SMILES string of the molecule is CCCc1nc2ccc(OC)cc2cc1C(=O)c1c(=O)[nH]c(C)c2cc(OC)c(OC)cc12. The first-order valence-corrected chi connectivity index (χ1v) is 10.7. The van der Waals surface area contributed by atoms with Gasteiger partial charge in [-0.1, -0.05) is 13.3 Å². The highest BCUT2D eigenvalue weighted by Crippen LogP contribution is 2.35. The topological polar surface area (TPSA) is 90.5 Å². The fraction of sp³-hybridized carbons (Fsp3) is 0.269. The number of hydrogen-bond acceptors (Lipinski definition) is 6. The quantitative estimate of drug-likeness (QED) is 0.418. The molecule has 0 bridgehead atoms. The van der Waals surface area contributed by atoms with Crippen molar-refractivity contribution in [1.82, 2.24) is 9.97 Å². The number of rotatable bonds is 7. The molecule has 0 atom stereocenters. The molecular formula is C26H26N2O5. The van der Waals surface area contributed by atoms with Crippen molar-refractivity contribution in [2.24, 2.45) is 0 Å². The van der Waals surface area contributed by atoms with Gasteiger partial charge < -0.3 is 19.2 Å². The molecule has 170 valence electrons. The summed E-state index contributed by atoms with van der Waals surface area (Å²) in [6.45, 7) is 3.82. The molecule has 0 aliphatic heterocycles. The summed E-state index contributed by atoms with van der Waals surface area (Å²) in [5.74, 6) is 1.25. The second-order valence-corrected chi connectivity index (χ2v) is 7.83. The van der Waals surface area contributed by atoms with Crippen LogP contribution in [-0.4, -0.2) is 37.1 Å². The third-order valence-electron chi connectivity index (χ3n) is 5.78. The molecule has 7 nitrogen and oxygen atoms in total. The molecule has 2 heterocycles. The number of aromatic amines is 1. The molecule has 0 saturated heterocycles. The van der Waals surface area contributed by atoms with Crippen LogP contribution in [0, 0.1) is 6.92 Å². The van der Waals surface area contributed by atoms with E-state index in [0.29, 0.717) is 51.4 Å². The van der Waals surface area contributed by atoms with Crippen LogP contribution in [0.25, 0.3) is 21.7 Å². The van der Waals surface area contributed by atoms with Crippen molar-refractivity contribution in [3.8, 4) is 17.2 Å². The van der Waals surface area contributed by atoms with Gasteiger partial charge in [-0.25, -0.2) is 0 Å². The molecule has 0 spiro atoms. The summed E-state index contributed by atoms with van der Waals surface area (Å²) in [4.78, 5) is 34.5. The lowest BCUT2D eigenvalue weighted by Gasteiger charge is -2.14. The molecule has 7 heteroatoms. The van der Waals surface area contributed by atoms with Gasteiger partial charge in [0.25, 0.3) is 5.56 Å². The Bertz CT molecular complexity index is 1440. The smallest absolute Gasteiger partial charge is 0.260 e. The largest absolute Gasteiger partial charge is 0.497 e. The van der Waals surface area contributed by atoms with Gasteiger partial charge in [0.05, 0.1) is 38.1 Å². The maximum atomic E-state index is 13.9. The van der Waals surface area contributed by atoms with Gasteiger partial charge in [0.1, 0.15) is 5.75 Å². The van der Waals surface area contributed by atoms with Crippen molar-refractivity contribution < 1.29 is 19.0 Å². The number of pyridine rings is 2. The molecule has 0 radical (unpaired) electrons. The summed E-state index contributed by atoms with van der Waals surface area (Å²) in [5, 5.41) is 1.99. The monoisotopic (exact) mass is 446 g/mol. The maximum absolute atomic E-state index is 13.9. The summed E-state index contributed by atoms with van der Waals surface area (Å²) < 4.78 is 16.2. The number of hydrogen-bond donors (Lipinski definition) is 1. The predicted octanol–water partition coefficient (Wildman–Crippen LogP) is 4.59. The van der Waals surface area contributed by atoms with Gasteiger partial charge >= 0.3 is 0 Å². The number of benzene rings is 2. The molecule has 0 aliphatic carbocycles. The fourth-order valence-corrected chi connectivity index (χ4v) is 4.12.